The summed E-state index contributed by atoms with van der Waals surface area (Å²) in [5.41, 5.74) is 1.55. The van der Waals surface area contributed by atoms with Gasteiger partial charge in [-0.2, -0.15) is 0 Å². The molecule has 2 unspecified atom stereocenters. The van der Waals surface area contributed by atoms with E-state index in [4.69, 9.17) is 0 Å². The fourth-order valence-corrected chi connectivity index (χ4v) is 4.51. The van der Waals surface area contributed by atoms with Crippen LogP contribution in [0.25, 0.3) is 5.57 Å². The van der Waals surface area contributed by atoms with Crippen LogP contribution in [0.2, 0.25) is 0 Å². The Morgan fingerprint density at radius 3 is 3.07 bits per heavy atom. The molecule has 3 heterocycles. The number of fused-ring (bicyclic) bond motifs is 2. The Labute approximate surface area is 103 Å². The lowest BCUT2D eigenvalue weighted by Gasteiger charge is -2.31. The summed E-state index contributed by atoms with van der Waals surface area (Å²) in [6.45, 7) is 0. The number of hydrogen-bond donors (Lipinski definition) is 0. The fourth-order valence-electron chi connectivity index (χ4n) is 2.81. The highest BCUT2D eigenvalue weighted by atomic mass is 79.9. The molecule has 2 atom stereocenters. The van der Waals surface area contributed by atoms with E-state index in [0.717, 1.165) is 6.04 Å². The SMILES string of the molecule is CN1C2CC=C(c3sccc3Br)C1CC2. The smallest absolute Gasteiger partial charge is 0.0457 e. The monoisotopic (exact) mass is 283 g/mol. The second-order valence-electron chi connectivity index (χ2n) is 4.41. The predicted molar refractivity (Wildman–Crippen MR) is 69.2 cm³/mol. The van der Waals surface area contributed by atoms with Crippen molar-refractivity contribution in [1.29, 1.82) is 0 Å². The first-order valence-corrected chi connectivity index (χ1v) is 7.10. The normalized spacial score (nSPS) is 30.7. The number of hydrogen-bond acceptors (Lipinski definition) is 2. The van der Waals surface area contributed by atoms with E-state index in [0.29, 0.717) is 6.04 Å². The molecule has 1 nitrogen and oxygen atoms in total. The molecule has 3 heteroatoms. The van der Waals surface area contributed by atoms with E-state index in [1.165, 1.54) is 28.6 Å². The van der Waals surface area contributed by atoms with E-state index in [2.05, 4.69) is 45.4 Å². The summed E-state index contributed by atoms with van der Waals surface area (Å²) in [4.78, 5) is 3.99. The molecule has 1 saturated heterocycles. The highest BCUT2D eigenvalue weighted by Gasteiger charge is 2.36. The van der Waals surface area contributed by atoms with Crippen molar-refractivity contribution >= 4 is 32.8 Å². The summed E-state index contributed by atoms with van der Waals surface area (Å²) >= 11 is 5.50. The molecule has 0 aliphatic carbocycles. The highest BCUT2D eigenvalue weighted by molar-refractivity contribution is 9.10. The first-order chi connectivity index (χ1) is 7.27. The molecule has 1 aromatic heterocycles. The average molecular weight is 284 g/mol. The largest absolute Gasteiger partial charge is 0.296 e. The molecule has 3 rings (SSSR count). The van der Waals surface area contributed by atoms with Crippen molar-refractivity contribution in [2.45, 2.75) is 31.3 Å². The lowest BCUT2D eigenvalue weighted by Crippen LogP contribution is -2.35. The van der Waals surface area contributed by atoms with Crippen molar-refractivity contribution in [2.75, 3.05) is 7.05 Å². The van der Waals surface area contributed by atoms with Crippen molar-refractivity contribution in [2.24, 2.45) is 0 Å². The summed E-state index contributed by atoms with van der Waals surface area (Å²) in [5.74, 6) is 0. The summed E-state index contributed by atoms with van der Waals surface area (Å²) in [6.07, 6.45) is 6.38. The zero-order valence-corrected chi connectivity index (χ0v) is 11.1. The Morgan fingerprint density at radius 1 is 1.47 bits per heavy atom. The summed E-state index contributed by atoms with van der Waals surface area (Å²) in [7, 11) is 2.27. The summed E-state index contributed by atoms with van der Waals surface area (Å²) < 4.78 is 1.26. The van der Waals surface area contributed by atoms with Crippen LogP contribution in [0.15, 0.2) is 22.0 Å². The van der Waals surface area contributed by atoms with Gasteiger partial charge in [-0.25, -0.2) is 0 Å². The fraction of sp³-hybridized carbons (Fsp3) is 0.500. The molecule has 1 fully saturated rings. The van der Waals surface area contributed by atoms with Gasteiger partial charge in [0.25, 0.3) is 0 Å². The number of likely N-dealkylation sites (N-methyl/N-ethyl adjacent to an activating group) is 1. The first kappa shape index (κ1) is 10.1. The topological polar surface area (TPSA) is 3.24 Å². The van der Waals surface area contributed by atoms with Crippen LogP contribution in [0.1, 0.15) is 24.1 Å². The molecule has 2 aliphatic heterocycles. The molecule has 0 saturated carbocycles. The molecule has 0 amide bonds. The van der Waals surface area contributed by atoms with E-state index >= 15 is 0 Å². The van der Waals surface area contributed by atoms with Gasteiger partial charge in [0.05, 0.1) is 0 Å². The molecule has 0 radical (unpaired) electrons. The van der Waals surface area contributed by atoms with E-state index in [1.807, 2.05) is 11.3 Å². The van der Waals surface area contributed by atoms with Crippen LogP contribution < -0.4 is 0 Å². The maximum Gasteiger partial charge on any atom is 0.0457 e. The van der Waals surface area contributed by atoms with Crippen molar-refractivity contribution in [1.82, 2.24) is 4.90 Å². The standard InChI is InChI=1S/C12H14BrNS/c1-14-8-2-4-9(11(14)5-3-8)12-10(13)6-7-15-12/h4,6-8,11H,2-3,5H2,1H3. The Kier molecular flexibility index (Phi) is 2.49. The first-order valence-electron chi connectivity index (χ1n) is 5.42. The molecule has 15 heavy (non-hydrogen) atoms. The second-order valence-corrected chi connectivity index (χ2v) is 6.18. The van der Waals surface area contributed by atoms with Gasteiger partial charge >= 0.3 is 0 Å². The third-order valence-electron chi connectivity index (χ3n) is 3.69. The quantitative estimate of drug-likeness (QED) is 0.759. The predicted octanol–water partition coefficient (Wildman–Crippen LogP) is 3.76. The lowest BCUT2D eigenvalue weighted by atomic mass is 10.0. The number of halogens is 1. The van der Waals surface area contributed by atoms with E-state index < -0.39 is 0 Å². The van der Waals surface area contributed by atoms with Crippen LogP contribution in [0, 0.1) is 0 Å². The van der Waals surface area contributed by atoms with Crippen LogP contribution in [-0.2, 0) is 0 Å². The van der Waals surface area contributed by atoms with Gasteiger partial charge in [-0.05, 0) is 59.3 Å². The van der Waals surface area contributed by atoms with E-state index in [-0.39, 0.29) is 0 Å². The van der Waals surface area contributed by atoms with E-state index in [9.17, 15) is 0 Å². The molecule has 1 aromatic rings. The van der Waals surface area contributed by atoms with Gasteiger partial charge in [0.1, 0.15) is 0 Å². The van der Waals surface area contributed by atoms with Crippen LogP contribution in [0.3, 0.4) is 0 Å². The minimum Gasteiger partial charge on any atom is -0.296 e. The van der Waals surface area contributed by atoms with Gasteiger partial charge < -0.3 is 0 Å². The Morgan fingerprint density at radius 2 is 2.33 bits per heavy atom. The third kappa shape index (κ3) is 1.52. The van der Waals surface area contributed by atoms with Gasteiger partial charge in [-0.3, -0.25) is 4.90 Å². The van der Waals surface area contributed by atoms with Crippen LogP contribution in [0.5, 0.6) is 0 Å². The zero-order valence-electron chi connectivity index (χ0n) is 8.74. The molecule has 0 spiro atoms. The molecule has 80 valence electrons. The molecule has 2 bridgehead atoms. The highest BCUT2D eigenvalue weighted by Crippen LogP contribution is 2.42. The Hall–Kier alpha value is -0.120. The Balaban J connectivity index is 2.01. The molecule has 0 N–H and O–H groups in total. The van der Waals surface area contributed by atoms with E-state index in [1.54, 1.807) is 5.57 Å². The second kappa shape index (κ2) is 3.72. The minimum atomic E-state index is 0.665. The number of thiophene rings is 1. The van der Waals surface area contributed by atoms with Crippen LogP contribution in [-0.4, -0.2) is 24.0 Å². The van der Waals surface area contributed by atoms with Crippen molar-refractivity contribution < 1.29 is 0 Å². The zero-order chi connectivity index (χ0) is 10.4. The summed E-state index contributed by atoms with van der Waals surface area (Å²) in [5, 5.41) is 2.17. The van der Waals surface area contributed by atoms with Gasteiger partial charge in [0.2, 0.25) is 0 Å². The number of nitrogens with zero attached hydrogens (tertiary/aromatic N) is 1. The van der Waals surface area contributed by atoms with Gasteiger partial charge in [0.15, 0.2) is 0 Å². The molecule has 0 aromatic carbocycles. The van der Waals surface area contributed by atoms with Gasteiger partial charge in [-0.1, -0.05) is 6.08 Å². The summed E-state index contributed by atoms with van der Waals surface area (Å²) in [6, 6.07) is 3.62. The number of rotatable bonds is 1. The Bertz CT molecular complexity index is 410. The molecule has 2 aliphatic rings. The molecular weight excluding hydrogens is 270 g/mol. The molecular formula is C12H14BrNS. The third-order valence-corrected chi connectivity index (χ3v) is 5.58. The van der Waals surface area contributed by atoms with Crippen molar-refractivity contribution in [3.63, 3.8) is 0 Å². The van der Waals surface area contributed by atoms with Crippen molar-refractivity contribution in [3.05, 3.63) is 26.9 Å². The minimum absolute atomic E-state index is 0.665. The van der Waals surface area contributed by atoms with Crippen molar-refractivity contribution in [3.8, 4) is 0 Å². The lowest BCUT2D eigenvalue weighted by molar-refractivity contribution is 0.268. The van der Waals surface area contributed by atoms with Gasteiger partial charge in [-0.15, -0.1) is 11.3 Å². The maximum atomic E-state index is 3.64. The van der Waals surface area contributed by atoms with Crippen LogP contribution in [0.4, 0.5) is 0 Å². The van der Waals surface area contributed by atoms with Gasteiger partial charge in [0, 0.05) is 21.4 Å². The van der Waals surface area contributed by atoms with Crippen LogP contribution >= 0.6 is 27.3 Å². The average Bonchev–Trinajstić information content (AvgIpc) is 2.72. The maximum absolute atomic E-state index is 3.64.